The molecule has 1 fully saturated rings. The first-order chi connectivity index (χ1) is 8.27. The van der Waals surface area contributed by atoms with Crippen molar-refractivity contribution >= 4 is 24.2 Å². The van der Waals surface area contributed by atoms with Gasteiger partial charge in [0.15, 0.2) is 0 Å². The van der Waals surface area contributed by atoms with Crippen molar-refractivity contribution in [2.75, 3.05) is 0 Å². The number of hydrogen-bond donors (Lipinski definition) is 0. The number of aromatic nitrogens is 1. The van der Waals surface area contributed by atoms with Crippen molar-refractivity contribution in [2.24, 2.45) is 0 Å². The summed E-state index contributed by atoms with van der Waals surface area (Å²) in [5, 5.41) is 0.507. The number of pyridine rings is 1. The van der Waals surface area contributed by atoms with Crippen LogP contribution in [0.3, 0.4) is 0 Å². The Balaban J connectivity index is 2.35. The van der Waals surface area contributed by atoms with Gasteiger partial charge in [-0.2, -0.15) is 0 Å². The van der Waals surface area contributed by atoms with Crippen LogP contribution in [0.2, 0.25) is 5.15 Å². The van der Waals surface area contributed by atoms with E-state index in [1.807, 2.05) is 40.7 Å². The van der Waals surface area contributed by atoms with Gasteiger partial charge in [-0.25, -0.2) is 4.98 Å². The van der Waals surface area contributed by atoms with E-state index in [1.165, 1.54) is 0 Å². The van der Waals surface area contributed by atoms with Gasteiger partial charge < -0.3 is 9.31 Å². The molecule has 2 heterocycles. The summed E-state index contributed by atoms with van der Waals surface area (Å²) in [6.07, 6.45) is 0.806. The lowest BCUT2D eigenvalue weighted by Gasteiger charge is -2.32. The lowest BCUT2D eigenvalue weighted by Crippen LogP contribution is -2.41. The van der Waals surface area contributed by atoms with Crippen molar-refractivity contribution < 1.29 is 9.31 Å². The van der Waals surface area contributed by atoms with Gasteiger partial charge in [-0.05, 0) is 40.2 Å². The van der Waals surface area contributed by atoms with Crippen molar-refractivity contribution in [3.8, 4) is 0 Å². The minimum absolute atomic E-state index is 0.331. The standard InChI is InChI=1S/C13H19BClNO2/c1-6-10-9(7-8-11(15)16-10)14-17-12(2,3)13(4,5)18-14/h7-8H,6H2,1-5H3. The molecule has 0 atom stereocenters. The van der Waals surface area contributed by atoms with E-state index in [0.29, 0.717) is 5.15 Å². The zero-order valence-electron chi connectivity index (χ0n) is 11.6. The Bertz CT molecular complexity index is 446. The molecule has 1 aromatic heterocycles. The number of rotatable bonds is 2. The van der Waals surface area contributed by atoms with Crippen LogP contribution in [0.15, 0.2) is 12.1 Å². The Hall–Kier alpha value is -0.575. The summed E-state index contributed by atoms with van der Waals surface area (Å²) >= 11 is 5.92. The van der Waals surface area contributed by atoms with Gasteiger partial charge in [-0.15, -0.1) is 0 Å². The lowest BCUT2D eigenvalue weighted by molar-refractivity contribution is 0.00578. The van der Waals surface area contributed by atoms with Crippen LogP contribution in [0.4, 0.5) is 0 Å². The third-order valence-corrected chi connectivity index (χ3v) is 4.03. The van der Waals surface area contributed by atoms with Gasteiger partial charge in [-0.1, -0.05) is 24.6 Å². The summed E-state index contributed by atoms with van der Waals surface area (Å²) in [5.74, 6) is 0. The average molecular weight is 268 g/mol. The Labute approximate surface area is 114 Å². The van der Waals surface area contributed by atoms with Gasteiger partial charge in [0, 0.05) is 11.2 Å². The van der Waals surface area contributed by atoms with E-state index in [-0.39, 0.29) is 18.3 Å². The Morgan fingerprint density at radius 2 is 1.72 bits per heavy atom. The molecular weight excluding hydrogens is 248 g/mol. The van der Waals surface area contributed by atoms with Crippen molar-refractivity contribution in [3.63, 3.8) is 0 Å². The molecule has 1 aliphatic rings. The van der Waals surface area contributed by atoms with E-state index in [0.717, 1.165) is 17.6 Å². The average Bonchev–Trinajstić information content (AvgIpc) is 2.47. The van der Waals surface area contributed by atoms with Crippen molar-refractivity contribution in [3.05, 3.63) is 23.0 Å². The maximum Gasteiger partial charge on any atom is 0.496 e. The number of halogens is 1. The summed E-state index contributed by atoms with van der Waals surface area (Å²) in [7, 11) is -0.366. The molecule has 0 bridgehead atoms. The third kappa shape index (κ3) is 2.29. The number of hydrogen-bond acceptors (Lipinski definition) is 3. The summed E-state index contributed by atoms with van der Waals surface area (Å²) in [6, 6.07) is 3.72. The van der Waals surface area contributed by atoms with Crippen LogP contribution in [0.1, 0.15) is 40.3 Å². The van der Waals surface area contributed by atoms with Gasteiger partial charge in [0.25, 0.3) is 0 Å². The van der Waals surface area contributed by atoms with Crippen LogP contribution in [0.25, 0.3) is 0 Å². The SMILES string of the molecule is CCc1nc(Cl)ccc1B1OC(C)(C)C(C)(C)O1. The Morgan fingerprint density at radius 3 is 2.22 bits per heavy atom. The summed E-state index contributed by atoms with van der Waals surface area (Å²) < 4.78 is 12.1. The van der Waals surface area contributed by atoms with Crippen molar-refractivity contribution in [2.45, 2.75) is 52.2 Å². The Morgan fingerprint density at radius 1 is 1.17 bits per heavy atom. The number of nitrogens with zero attached hydrogens (tertiary/aromatic N) is 1. The molecule has 1 aliphatic heterocycles. The van der Waals surface area contributed by atoms with Gasteiger partial charge >= 0.3 is 7.12 Å². The second kappa shape index (κ2) is 4.51. The molecule has 0 aromatic carbocycles. The van der Waals surface area contributed by atoms with Crippen LogP contribution in [0.5, 0.6) is 0 Å². The predicted molar refractivity (Wildman–Crippen MR) is 74.3 cm³/mol. The molecule has 0 radical (unpaired) electrons. The van der Waals surface area contributed by atoms with Crippen LogP contribution < -0.4 is 5.46 Å². The summed E-state index contributed by atoms with van der Waals surface area (Å²) in [5.41, 5.74) is 1.24. The zero-order chi connectivity index (χ0) is 13.6. The topological polar surface area (TPSA) is 31.4 Å². The highest BCUT2D eigenvalue weighted by Crippen LogP contribution is 2.36. The van der Waals surface area contributed by atoms with E-state index in [4.69, 9.17) is 20.9 Å². The molecule has 0 spiro atoms. The molecular formula is C13H19BClNO2. The molecule has 18 heavy (non-hydrogen) atoms. The molecule has 3 nitrogen and oxygen atoms in total. The first-order valence-electron chi connectivity index (χ1n) is 6.28. The lowest BCUT2D eigenvalue weighted by atomic mass is 9.77. The quantitative estimate of drug-likeness (QED) is 0.610. The first kappa shape index (κ1) is 13.8. The molecule has 5 heteroatoms. The Kier molecular flexibility index (Phi) is 3.47. The highest BCUT2D eigenvalue weighted by atomic mass is 35.5. The van der Waals surface area contributed by atoms with E-state index < -0.39 is 0 Å². The van der Waals surface area contributed by atoms with Gasteiger partial charge in [-0.3, -0.25) is 0 Å². The molecule has 0 amide bonds. The summed E-state index contributed by atoms with van der Waals surface area (Å²) in [4.78, 5) is 4.34. The molecule has 1 aromatic rings. The first-order valence-corrected chi connectivity index (χ1v) is 6.65. The molecule has 0 aliphatic carbocycles. The maximum absolute atomic E-state index is 6.03. The number of aryl methyl sites for hydroxylation is 1. The highest BCUT2D eigenvalue weighted by molar-refractivity contribution is 6.62. The summed E-state index contributed by atoms with van der Waals surface area (Å²) in [6.45, 7) is 10.2. The molecule has 0 unspecified atom stereocenters. The van der Waals surface area contributed by atoms with E-state index in [1.54, 1.807) is 6.07 Å². The molecule has 0 N–H and O–H groups in total. The molecule has 0 saturated carbocycles. The highest BCUT2D eigenvalue weighted by Gasteiger charge is 2.52. The van der Waals surface area contributed by atoms with E-state index in [9.17, 15) is 0 Å². The normalized spacial score (nSPS) is 21.3. The van der Waals surface area contributed by atoms with Crippen molar-refractivity contribution in [1.82, 2.24) is 4.98 Å². The maximum atomic E-state index is 6.03. The fourth-order valence-electron chi connectivity index (χ4n) is 1.95. The second-order valence-electron chi connectivity index (χ2n) is 5.61. The van der Waals surface area contributed by atoms with Gasteiger partial charge in [0.2, 0.25) is 0 Å². The third-order valence-electron chi connectivity index (χ3n) is 3.82. The smallest absolute Gasteiger partial charge is 0.399 e. The van der Waals surface area contributed by atoms with Gasteiger partial charge in [0.1, 0.15) is 5.15 Å². The monoisotopic (exact) mass is 267 g/mol. The van der Waals surface area contributed by atoms with Crippen LogP contribution >= 0.6 is 11.6 Å². The largest absolute Gasteiger partial charge is 0.496 e. The van der Waals surface area contributed by atoms with E-state index in [2.05, 4.69) is 4.98 Å². The molecule has 98 valence electrons. The second-order valence-corrected chi connectivity index (χ2v) is 6.00. The molecule has 2 rings (SSSR count). The fourth-order valence-corrected chi connectivity index (χ4v) is 2.12. The van der Waals surface area contributed by atoms with Gasteiger partial charge in [0.05, 0.1) is 11.2 Å². The van der Waals surface area contributed by atoms with Crippen LogP contribution in [-0.4, -0.2) is 23.3 Å². The zero-order valence-corrected chi connectivity index (χ0v) is 12.3. The van der Waals surface area contributed by atoms with Crippen LogP contribution in [-0.2, 0) is 15.7 Å². The molecule has 1 saturated heterocycles. The minimum Gasteiger partial charge on any atom is -0.399 e. The van der Waals surface area contributed by atoms with Crippen molar-refractivity contribution in [1.29, 1.82) is 0 Å². The van der Waals surface area contributed by atoms with Crippen LogP contribution in [0, 0.1) is 0 Å². The van der Waals surface area contributed by atoms with E-state index >= 15 is 0 Å². The fraction of sp³-hybridized carbons (Fsp3) is 0.615. The predicted octanol–water partition coefficient (Wildman–Crippen LogP) is 2.60. The minimum atomic E-state index is -0.366.